The van der Waals surface area contributed by atoms with Crippen molar-refractivity contribution in [2.45, 2.75) is 63.4 Å². The van der Waals surface area contributed by atoms with E-state index in [9.17, 15) is 19.8 Å². The predicted octanol–water partition coefficient (Wildman–Crippen LogP) is 1.69. The Labute approximate surface area is 119 Å². The van der Waals surface area contributed by atoms with E-state index >= 15 is 0 Å². The number of carbonyl (C=O) groups excluding carboxylic acids is 1. The van der Waals surface area contributed by atoms with Gasteiger partial charge in [-0.2, -0.15) is 0 Å². The van der Waals surface area contributed by atoms with Crippen molar-refractivity contribution in [2.24, 2.45) is 11.8 Å². The van der Waals surface area contributed by atoms with E-state index in [2.05, 4.69) is 5.32 Å². The first-order valence-corrected chi connectivity index (χ1v) is 7.75. The average molecular weight is 283 g/mol. The van der Waals surface area contributed by atoms with Crippen LogP contribution in [-0.4, -0.2) is 34.2 Å². The lowest BCUT2D eigenvalue weighted by atomic mass is 9.78. The standard InChI is InChI=1S/C15H25NO4/c17-13(11-6-2-3-7-12(11)14(18)19)16-10-15(20)8-4-1-5-9-15/h11-12,20H,1-10H2,(H,16,17)(H,18,19). The van der Waals surface area contributed by atoms with Crippen molar-refractivity contribution in [2.75, 3.05) is 6.54 Å². The van der Waals surface area contributed by atoms with E-state index in [0.29, 0.717) is 12.8 Å². The molecule has 2 aliphatic rings. The summed E-state index contributed by atoms with van der Waals surface area (Å²) in [6, 6.07) is 0. The second-order valence-corrected chi connectivity index (χ2v) is 6.34. The molecule has 2 unspecified atom stereocenters. The third-order valence-electron chi connectivity index (χ3n) is 4.80. The number of hydrogen-bond acceptors (Lipinski definition) is 3. The quantitative estimate of drug-likeness (QED) is 0.732. The van der Waals surface area contributed by atoms with Crippen molar-refractivity contribution in [3.05, 3.63) is 0 Å². The highest BCUT2D eigenvalue weighted by atomic mass is 16.4. The van der Waals surface area contributed by atoms with Gasteiger partial charge in [0.25, 0.3) is 0 Å². The summed E-state index contributed by atoms with van der Waals surface area (Å²) in [7, 11) is 0. The van der Waals surface area contributed by atoms with Gasteiger partial charge in [0.2, 0.25) is 5.91 Å². The first-order chi connectivity index (χ1) is 9.52. The molecule has 0 radical (unpaired) electrons. The summed E-state index contributed by atoms with van der Waals surface area (Å²) >= 11 is 0. The molecule has 3 N–H and O–H groups in total. The molecule has 2 saturated carbocycles. The molecule has 0 spiro atoms. The van der Waals surface area contributed by atoms with Crippen molar-refractivity contribution in [1.29, 1.82) is 0 Å². The summed E-state index contributed by atoms with van der Waals surface area (Å²) in [5, 5.41) is 22.4. The zero-order valence-corrected chi connectivity index (χ0v) is 11.9. The van der Waals surface area contributed by atoms with E-state index in [-0.39, 0.29) is 12.5 Å². The molecule has 1 amide bonds. The van der Waals surface area contributed by atoms with Crippen molar-refractivity contribution in [3.63, 3.8) is 0 Å². The number of hydrogen-bond donors (Lipinski definition) is 3. The molecule has 2 aliphatic carbocycles. The summed E-state index contributed by atoms with van der Waals surface area (Å²) in [5.74, 6) is -2.07. The van der Waals surface area contributed by atoms with Crippen LogP contribution in [0.5, 0.6) is 0 Å². The number of carboxylic acids is 1. The van der Waals surface area contributed by atoms with Crippen LogP contribution in [0.25, 0.3) is 0 Å². The highest BCUT2D eigenvalue weighted by Crippen LogP contribution is 2.31. The lowest BCUT2D eigenvalue weighted by molar-refractivity contribution is -0.149. The van der Waals surface area contributed by atoms with Crippen molar-refractivity contribution >= 4 is 11.9 Å². The van der Waals surface area contributed by atoms with E-state index in [1.165, 1.54) is 0 Å². The van der Waals surface area contributed by atoms with E-state index in [0.717, 1.165) is 44.9 Å². The fourth-order valence-corrected chi connectivity index (χ4v) is 3.51. The number of aliphatic hydroxyl groups is 1. The molecular formula is C15H25NO4. The lowest BCUT2D eigenvalue weighted by Gasteiger charge is -2.33. The summed E-state index contributed by atoms with van der Waals surface area (Å²) in [6.45, 7) is 0.259. The van der Waals surface area contributed by atoms with Gasteiger partial charge >= 0.3 is 5.97 Å². The SMILES string of the molecule is O=C(O)C1CCCCC1C(=O)NCC1(O)CCCCC1. The molecule has 0 aromatic carbocycles. The molecule has 0 aromatic rings. The van der Waals surface area contributed by atoms with Gasteiger partial charge in [0.05, 0.1) is 17.4 Å². The zero-order chi connectivity index (χ0) is 14.6. The van der Waals surface area contributed by atoms with Gasteiger partial charge in [0.1, 0.15) is 0 Å². The molecule has 0 aliphatic heterocycles. The predicted molar refractivity (Wildman–Crippen MR) is 74.1 cm³/mol. The molecule has 0 heterocycles. The molecule has 0 saturated heterocycles. The Morgan fingerprint density at radius 3 is 2.20 bits per heavy atom. The Bertz CT molecular complexity index is 363. The Balaban J connectivity index is 1.88. The molecule has 5 heteroatoms. The smallest absolute Gasteiger partial charge is 0.307 e. The number of nitrogens with one attached hydrogen (secondary N) is 1. The Morgan fingerprint density at radius 2 is 1.60 bits per heavy atom. The first kappa shape index (κ1) is 15.3. The molecule has 2 fully saturated rings. The van der Waals surface area contributed by atoms with Gasteiger partial charge in [-0.3, -0.25) is 9.59 Å². The summed E-state index contributed by atoms with van der Waals surface area (Å²) in [4.78, 5) is 23.4. The second-order valence-electron chi connectivity index (χ2n) is 6.34. The van der Waals surface area contributed by atoms with E-state index in [4.69, 9.17) is 0 Å². The molecule has 114 valence electrons. The monoisotopic (exact) mass is 283 g/mol. The number of aliphatic carboxylic acids is 1. The molecule has 2 rings (SSSR count). The van der Waals surface area contributed by atoms with Crippen LogP contribution in [0.15, 0.2) is 0 Å². The van der Waals surface area contributed by atoms with Crippen LogP contribution in [0.2, 0.25) is 0 Å². The zero-order valence-electron chi connectivity index (χ0n) is 11.9. The number of rotatable bonds is 4. The highest BCUT2D eigenvalue weighted by Gasteiger charge is 2.37. The van der Waals surface area contributed by atoms with Gasteiger partial charge in [-0.15, -0.1) is 0 Å². The molecular weight excluding hydrogens is 258 g/mol. The highest BCUT2D eigenvalue weighted by molar-refractivity contribution is 5.84. The van der Waals surface area contributed by atoms with Gasteiger partial charge in [-0.05, 0) is 25.7 Å². The lowest BCUT2D eigenvalue weighted by Crippen LogP contribution is -2.48. The van der Waals surface area contributed by atoms with Crippen LogP contribution in [0.3, 0.4) is 0 Å². The van der Waals surface area contributed by atoms with Crippen LogP contribution in [0.1, 0.15) is 57.8 Å². The largest absolute Gasteiger partial charge is 0.481 e. The first-order valence-electron chi connectivity index (χ1n) is 7.75. The van der Waals surface area contributed by atoms with Crippen molar-refractivity contribution < 1.29 is 19.8 Å². The van der Waals surface area contributed by atoms with Crippen LogP contribution in [0, 0.1) is 11.8 Å². The molecule has 0 bridgehead atoms. The fraction of sp³-hybridized carbons (Fsp3) is 0.867. The summed E-state index contributed by atoms with van der Waals surface area (Å²) in [6.07, 6.45) is 7.58. The van der Waals surface area contributed by atoms with Crippen LogP contribution < -0.4 is 5.32 Å². The number of amides is 1. The molecule has 20 heavy (non-hydrogen) atoms. The third kappa shape index (κ3) is 3.72. The van der Waals surface area contributed by atoms with E-state index < -0.39 is 23.4 Å². The second kappa shape index (κ2) is 6.57. The summed E-state index contributed by atoms with van der Waals surface area (Å²) in [5.41, 5.74) is -0.790. The minimum Gasteiger partial charge on any atom is -0.481 e. The fourth-order valence-electron chi connectivity index (χ4n) is 3.51. The van der Waals surface area contributed by atoms with Crippen molar-refractivity contribution in [1.82, 2.24) is 5.32 Å². The Kier molecular flexibility index (Phi) is 5.02. The maximum Gasteiger partial charge on any atom is 0.307 e. The maximum atomic E-state index is 12.2. The molecule has 2 atom stereocenters. The van der Waals surface area contributed by atoms with E-state index in [1.54, 1.807) is 0 Å². The number of carbonyl (C=O) groups is 2. The maximum absolute atomic E-state index is 12.2. The van der Waals surface area contributed by atoms with Gasteiger partial charge in [-0.1, -0.05) is 32.1 Å². The van der Waals surface area contributed by atoms with Gasteiger partial charge in [0, 0.05) is 6.54 Å². The van der Waals surface area contributed by atoms with Gasteiger partial charge < -0.3 is 15.5 Å². The van der Waals surface area contributed by atoms with Crippen LogP contribution in [0.4, 0.5) is 0 Å². The Morgan fingerprint density at radius 1 is 1.00 bits per heavy atom. The van der Waals surface area contributed by atoms with Crippen LogP contribution >= 0.6 is 0 Å². The van der Waals surface area contributed by atoms with Crippen LogP contribution in [-0.2, 0) is 9.59 Å². The topological polar surface area (TPSA) is 86.6 Å². The van der Waals surface area contributed by atoms with Gasteiger partial charge in [0.15, 0.2) is 0 Å². The van der Waals surface area contributed by atoms with E-state index in [1.807, 2.05) is 0 Å². The number of carboxylic acid groups (broad SMARTS) is 1. The third-order valence-corrected chi connectivity index (χ3v) is 4.80. The Hall–Kier alpha value is -1.10. The minimum absolute atomic E-state index is 0.198. The molecule has 0 aromatic heterocycles. The van der Waals surface area contributed by atoms with Gasteiger partial charge in [-0.25, -0.2) is 0 Å². The normalized spacial score (nSPS) is 29.6. The molecule has 5 nitrogen and oxygen atoms in total. The van der Waals surface area contributed by atoms with Crippen molar-refractivity contribution in [3.8, 4) is 0 Å². The summed E-state index contributed by atoms with van der Waals surface area (Å²) < 4.78 is 0. The average Bonchev–Trinajstić information content (AvgIpc) is 2.45. The minimum atomic E-state index is -0.874.